The van der Waals surface area contributed by atoms with Crippen LogP contribution in [0.15, 0.2) is 29.2 Å². The first-order chi connectivity index (χ1) is 7.19. The molecule has 90 valence electrons. The van der Waals surface area contributed by atoms with Gasteiger partial charge in [0, 0.05) is 17.6 Å². The van der Waals surface area contributed by atoms with Gasteiger partial charge in [-0.15, -0.1) is 24.2 Å². The highest BCUT2D eigenvalue weighted by Gasteiger charge is 2.08. The van der Waals surface area contributed by atoms with Crippen molar-refractivity contribution in [3.05, 3.63) is 24.3 Å². The molecule has 0 atom stereocenters. The van der Waals surface area contributed by atoms with Gasteiger partial charge in [0.2, 0.25) is 5.91 Å². The van der Waals surface area contributed by atoms with Crippen LogP contribution in [0.3, 0.4) is 0 Å². The zero-order valence-electron chi connectivity index (χ0n) is 9.69. The Morgan fingerprint density at radius 2 is 1.94 bits per heavy atom. The van der Waals surface area contributed by atoms with Crippen molar-refractivity contribution in [3.63, 3.8) is 0 Å². The summed E-state index contributed by atoms with van der Waals surface area (Å²) in [5.41, 5.74) is 0.924. The summed E-state index contributed by atoms with van der Waals surface area (Å²) in [7, 11) is 3.55. The van der Waals surface area contributed by atoms with E-state index >= 15 is 0 Å². The molecule has 5 heteroatoms. The van der Waals surface area contributed by atoms with Crippen LogP contribution in [0.2, 0.25) is 0 Å². The van der Waals surface area contributed by atoms with Crippen LogP contribution in [-0.4, -0.2) is 32.8 Å². The number of rotatable bonds is 4. The number of nitrogens with one attached hydrogen (secondary N) is 1. The molecule has 0 saturated heterocycles. The van der Waals surface area contributed by atoms with Crippen molar-refractivity contribution < 1.29 is 4.79 Å². The van der Waals surface area contributed by atoms with Gasteiger partial charge < -0.3 is 10.2 Å². The van der Waals surface area contributed by atoms with Gasteiger partial charge in [-0.05, 0) is 37.6 Å². The summed E-state index contributed by atoms with van der Waals surface area (Å²) >= 11 is 1.69. The van der Waals surface area contributed by atoms with Crippen LogP contribution in [0.5, 0.6) is 0 Å². The van der Waals surface area contributed by atoms with Crippen molar-refractivity contribution >= 4 is 35.8 Å². The van der Waals surface area contributed by atoms with Crippen LogP contribution in [0.1, 0.15) is 0 Å². The third-order valence-electron chi connectivity index (χ3n) is 2.16. The number of benzene rings is 1. The van der Waals surface area contributed by atoms with Gasteiger partial charge in [0.1, 0.15) is 0 Å². The molecule has 0 aliphatic carbocycles. The summed E-state index contributed by atoms with van der Waals surface area (Å²) in [5, 5.41) is 2.85. The minimum absolute atomic E-state index is 0. The fourth-order valence-electron chi connectivity index (χ4n) is 1.22. The third-order valence-corrected chi connectivity index (χ3v) is 2.91. The monoisotopic (exact) mass is 260 g/mol. The largest absolute Gasteiger partial charge is 0.314 e. The van der Waals surface area contributed by atoms with Crippen molar-refractivity contribution in [2.45, 2.75) is 4.90 Å². The summed E-state index contributed by atoms with van der Waals surface area (Å²) in [6.07, 6.45) is 2.03. The highest BCUT2D eigenvalue weighted by Crippen LogP contribution is 2.19. The number of likely N-dealkylation sites (N-methyl/N-ethyl adjacent to an activating group) is 2. The maximum Gasteiger partial charge on any atom is 0.240 e. The lowest BCUT2D eigenvalue weighted by molar-refractivity contribution is -0.117. The van der Waals surface area contributed by atoms with Gasteiger partial charge in [0.15, 0.2) is 0 Å². The Morgan fingerprint density at radius 1 is 1.38 bits per heavy atom. The predicted octanol–water partition coefficient (Wildman–Crippen LogP) is 2.01. The third kappa shape index (κ3) is 4.04. The Bertz CT molecular complexity index is 329. The number of nitrogens with zero attached hydrogens (tertiary/aromatic N) is 1. The molecule has 0 aromatic heterocycles. The quantitative estimate of drug-likeness (QED) is 0.841. The fourth-order valence-corrected chi connectivity index (χ4v) is 1.63. The summed E-state index contributed by atoms with van der Waals surface area (Å²) < 4.78 is 0. The minimum Gasteiger partial charge on any atom is -0.314 e. The molecular formula is C11H17ClN2OS. The standard InChI is InChI=1S/C11H16N2OS.ClH/c1-12-8-11(14)13(2)9-4-6-10(15-3)7-5-9;/h4-7,12H,8H2,1-3H3;1H. The zero-order chi connectivity index (χ0) is 11.3. The van der Waals surface area contributed by atoms with E-state index in [0.29, 0.717) is 6.54 Å². The molecule has 1 N–H and O–H groups in total. The minimum atomic E-state index is 0. The molecule has 0 fully saturated rings. The van der Waals surface area contributed by atoms with E-state index in [4.69, 9.17) is 0 Å². The normalized spacial score (nSPS) is 9.44. The van der Waals surface area contributed by atoms with Crippen molar-refractivity contribution in [1.82, 2.24) is 5.32 Å². The lowest BCUT2D eigenvalue weighted by atomic mass is 10.3. The molecule has 16 heavy (non-hydrogen) atoms. The number of anilines is 1. The smallest absolute Gasteiger partial charge is 0.240 e. The molecule has 1 amide bonds. The predicted molar refractivity (Wildman–Crippen MR) is 72.8 cm³/mol. The molecule has 1 rings (SSSR count). The maximum absolute atomic E-state index is 11.6. The van der Waals surface area contributed by atoms with E-state index in [1.54, 1.807) is 30.8 Å². The first kappa shape index (κ1) is 15.3. The van der Waals surface area contributed by atoms with Crippen LogP contribution >= 0.6 is 24.2 Å². The first-order valence-electron chi connectivity index (χ1n) is 4.74. The molecule has 0 unspecified atom stereocenters. The average Bonchev–Trinajstić information content (AvgIpc) is 2.28. The lowest BCUT2D eigenvalue weighted by Gasteiger charge is -2.17. The number of hydrogen-bond acceptors (Lipinski definition) is 3. The Kier molecular flexibility index (Phi) is 7.21. The topological polar surface area (TPSA) is 32.3 Å². The van der Waals surface area contributed by atoms with E-state index in [2.05, 4.69) is 5.32 Å². The Hall–Kier alpha value is -0.710. The fraction of sp³-hybridized carbons (Fsp3) is 0.364. The number of thioether (sulfide) groups is 1. The van der Waals surface area contributed by atoms with Gasteiger partial charge in [-0.2, -0.15) is 0 Å². The number of halogens is 1. The number of carbonyl (C=O) groups excluding carboxylic acids is 1. The van der Waals surface area contributed by atoms with E-state index in [-0.39, 0.29) is 18.3 Å². The number of amides is 1. The van der Waals surface area contributed by atoms with Gasteiger partial charge in [-0.3, -0.25) is 4.79 Å². The maximum atomic E-state index is 11.6. The average molecular weight is 261 g/mol. The number of carbonyl (C=O) groups is 1. The van der Waals surface area contributed by atoms with E-state index < -0.39 is 0 Å². The molecule has 1 aromatic rings. The van der Waals surface area contributed by atoms with Gasteiger partial charge >= 0.3 is 0 Å². The van der Waals surface area contributed by atoms with E-state index in [1.807, 2.05) is 30.5 Å². The second-order valence-corrected chi connectivity index (χ2v) is 4.06. The van der Waals surface area contributed by atoms with Crippen molar-refractivity contribution in [3.8, 4) is 0 Å². The summed E-state index contributed by atoms with van der Waals surface area (Å²) in [4.78, 5) is 14.4. The molecule has 0 aliphatic heterocycles. The SMILES string of the molecule is CNCC(=O)N(C)c1ccc(SC)cc1.Cl. The zero-order valence-corrected chi connectivity index (χ0v) is 11.3. The number of hydrogen-bond donors (Lipinski definition) is 1. The molecular weight excluding hydrogens is 244 g/mol. The van der Waals surface area contributed by atoms with Crippen LogP contribution in [0, 0.1) is 0 Å². The molecule has 0 spiro atoms. The van der Waals surface area contributed by atoms with Gasteiger partial charge in [-0.25, -0.2) is 0 Å². The Morgan fingerprint density at radius 3 is 2.38 bits per heavy atom. The Balaban J connectivity index is 0.00000225. The summed E-state index contributed by atoms with van der Waals surface area (Å²) in [6.45, 7) is 0.362. The van der Waals surface area contributed by atoms with E-state index in [1.165, 1.54) is 4.90 Å². The van der Waals surface area contributed by atoms with Crippen molar-refractivity contribution in [2.75, 3.05) is 31.8 Å². The van der Waals surface area contributed by atoms with Crippen LogP contribution < -0.4 is 10.2 Å². The van der Waals surface area contributed by atoms with Gasteiger partial charge in [0.05, 0.1) is 6.54 Å². The molecule has 0 aliphatic rings. The van der Waals surface area contributed by atoms with E-state index in [9.17, 15) is 4.79 Å². The van der Waals surface area contributed by atoms with Crippen molar-refractivity contribution in [2.24, 2.45) is 0 Å². The molecule has 0 heterocycles. The molecule has 3 nitrogen and oxygen atoms in total. The Labute approximate surface area is 107 Å². The highest BCUT2D eigenvalue weighted by atomic mass is 35.5. The highest BCUT2D eigenvalue weighted by molar-refractivity contribution is 7.98. The van der Waals surface area contributed by atoms with Crippen LogP contribution in [0.25, 0.3) is 0 Å². The molecule has 0 bridgehead atoms. The molecule has 0 saturated carbocycles. The molecule has 0 radical (unpaired) electrons. The lowest BCUT2D eigenvalue weighted by Crippen LogP contribution is -2.33. The van der Waals surface area contributed by atoms with Gasteiger partial charge in [0.25, 0.3) is 0 Å². The van der Waals surface area contributed by atoms with Crippen LogP contribution in [-0.2, 0) is 4.79 Å². The first-order valence-corrected chi connectivity index (χ1v) is 5.96. The van der Waals surface area contributed by atoms with E-state index in [0.717, 1.165) is 5.69 Å². The molecule has 1 aromatic carbocycles. The van der Waals surface area contributed by atoms with Crippen LogP contribution in [0.4, 0.5) is 5.69 Å². The van der Waals surface area contributed by atoms with Gasteiger partial charge in [-0.1, -0.05) is 0 Å². The summed E-state index contributed by atoms with van der Waals surface area (Å²) in [5.74, 6) is 0.0643. The second-order valence-electron chi connectivity index (χ2n) is 3.18. The summed E-state index contributed by atoms with van der Waals surface area (Å²) in [6, 6.07) is 7.95. The second kappa shape index (κ2) is 7.54. The van der Waals surface area contributed by atoms with Crippen molar-refractivity contribution in [1.29, 1.82) is 0 Å².